The largest absolute Gasteiger partial charge is 0.396 e. The lowest BCUT2D eigenvalue weighted by Crippen LogP contribution is -2.01. The minimum atomic E-state index is 0.368. The van der Waals surface area contributed by atoms with Crippen LogP contribution < -0.4 is 0 Å². The van der Waals surface area contributed by atoms with Gasteiger partial charge >= 0.3 is 0 Å². The average Bonchev–Trinajstić information content (AvgIpc) is 2.48. The second kappa shape index (κ2) is 16.3. The first kappa shape index (κ1) is 21.0. The van der Waals surface area contributed by atoms with Gasteiger partial charge in [0.25, 0.3) is 0 Å². The van der Waals surface area contributed by atoms with Gasteiger partial charge in [0.05, 0.1) is 0 Å². The first-order chi connectivity index (χ1) is 10.2. The maximum atomic E-state index is 8.74. The van der Waals surface area contributed by atoms with Gasteiger partial charge in [-0.15, -0.1) is 0 Å². The number of aliphatic hydroxyl groups excluding tert-OH is 1. The van der Waals surface area contributed by atoms with E-state index in [-0.39, 0.29) is 0 Å². The van der Waals surface area contributed by atoms with Crippen molar-refractivity contribution < 1.29 is 5.11 Å². The number of unbranched alkanes of at least 4 members (excludes halogenated alkanes) is 8. The molecule has 0 rings (SSSR count). The Balaban J connectivity index is 3.32. The van der Waals surface area contributed by atoms with E-state index in [4.69, 9.17) is 5.11 Å². The first-order valence-corrected chi connectivity index (χ1v) is 9.81. The van der Waals surface area contributed by atoms with Gasteiger partial charge in [0.2, 0.25) is 0 Å². The molecule has 1 N–H and O–H groups in total. The number of hydrogen-bond acceptors (Lipinski definition) is 1. The van der Waals surface area contributed by atoms with Crippen molar-refractivity contribution in [1.29, 1.82) is 0 Å². The standard InChI is InChI=1S/C20H42O/c1-4-5-6-8-11-14-19(2)16-17-20(3)15-12-9-7-10-13-18-21/h19-21H,4-18H2,1-3H3. The van der Waals surface area contributed by atoms with Crippen molar-refractivity contribution in [3.8, 4) is 0 Å². The van der Waals surface area contributed by atoms with Gasteiger partial charge in [0, 0.05) is 6.61 Å². The van der Waals surface area contributed by atoms with Crippen LogP contribution in [0.15, 0.2) is 0 Å². The molecule has 0 radical (unpaired) electrons. The molecule has 0 amide bonds. The van der Waals surface area contributed by atoms with Crippen LogP contribution in [0.2, 0.25) is 0 Å². The van der Waals surface area contributed by atoms with Gasteiger partial charge in [0.15, 0.2) is 0 Å². The van der Waals surface area contributed by atoms with E-state index in [0.717, 1.165) is 18.3 Å². The summed E-state index contributed by atoms with van der Waals surface area (Å²) in [5.41, 5.74) is 0. The molecular formula is C20H42O. The highest BCUT2D eigenvalue weighted by atomic mass is 16.2. The van der Waals surface area contributed by atoms with Gasteiger partial charge in [-0.3, -0.25) is 0 Å². The van der Waals surface area contributed by atoms with Crippen LogP contribution in [0.4, 0.5) is 0 Å². The van der Waals surface area contributed by atoms with Gasteiger partial charge in [-0.05, 0) is 18.3 Å². The molecule has 2 unspecified atom stereocenters. The van der Waals surface area contributed by atoms with Crippen molar-refractivity contribution in [2.45, 2.75) is 111 Å². The third-order valence-electron chi connectivity index (χ3n) is 4.81. The summed E-state index contributed by atoms with van der Waals surface area (Å²) in [5, 5.41) is 8.74. The van der Waals surface area contributed by atoms with E-state index in [1.165, 1.54) is 83.5 Å². The summed E-state index contributed by atoms with van der Waals surface area (Å²) in [4.78, 5) is 0. The van der Waals surface area contributed by atoms with E-state index >= 15 is 0 Å². The van der Waals surface area contributed by atoms with E-state index < -0.39 is 0 Å². The fourth-order valence-corrected chi connectivity index (χ4v) is 3.09. The molecule has 1 heteroatoms. The van der Waals surface area contributed by atoms with Crippen molar-refractivity contribution in [2.75, 3.05) is 6.61 Å². The summed E-state index contributed by atoms with van der Waals surface area (Å²) in [7, 11) is 0. The summed E-state index contributed by atoms with van der Waals surface area (Å²) in [6.07, 6.45) is 19.1. The van der Waals surface area contributed by atoms with Crippen molar-refractivity contribution in [3.63, 3.8) is 0 Å². The minimum absolute atomic E-state index is 0.368. The van der Waals surface area contributed by atoms with E-state index in [9.17, 15) is 0 Å². The minimum Gasteiger partial charge on any atom is -0.396 e. The van der Waals surface area contributed by atoms with Crippen LogP contribution in [0, 0.1) is 11.8 Å². The summed E-state index contributed by atoms with van der Waals surface area (Å²) < 4.78 is 0. The lowest BCUT2D eigenvalue weighted by molar-refractivity contribution is 0.282. The summed E-state index contributed by atoms with van der Waals surface area (Å²) in [6, 6.07) is 0. The van der Waals surface area contributed by atoms with E-state index in [1.807, 2.05) is 0 Å². The summed E-state index contributed by atoms with van der Waals surface area (Å²) in [5.74, 6) is 1.84. The molecule has 128 valence electrons. The SMILES string of the molecule is CCCCCCCC(C)CCC(C)CCCCCCCO. The molecule has 0 bridgehead atoms. The second-order valence-corrected chi connectivity index (χ2v) is 7.27. The zero-order valence-electron chi connectivity index (χ0n) is 15.2. The van der Waals surface area contributed by atoms with Crippen molar-refractivity contribution in [2.24, 2.45) is 11.8 Å². The summed E-state index contributed by atoms with van der Waals surface area (Å²) in [6.45, 7) is 7.53. The summed E-state index contributed by atoms with van der Waals surface area (Å²) >= 11 is 0. The van der Waals surface area contributed by atoms with E-state index in [2.05, 4.69) is 20.8 Å². The lowest BCUT2D eigenvalue weighted by Gasteiger charge is -2.15. The van der Waals surface area contributed by atoms with Gasteiger partial charge in [-0.1, -0.05) is 104 Å². The highest BCUT2D eigenvalue weighted by molar-refractivity contribution is 4.60. The number of aliphatic hydroxyl groups is 1. The Morgan fingerprint density at radius 3 is 1.48 bits per heavy atom. The van der Waals surface area contributed by atoms with Crippen LogP contribution >= 0.6 is 0 Å². The van der Waals surface area contributed by atoms with Crippen molar-refractivity contribution in [1.82, 2.24) is 0 Å². The molecule has 0 saturated heterocycles. The molecule has 0 spiro atoms. The zero-order chi connectivity index (χ0) is 15.8. The Kier molecular flexibility index (Phi) is 16.3. The molecule has 0 saturated carbocycles. The highest BCUT2D eigenvalue weighted by Gasteiger charge is 2.07. The maximum Gasteiger partial charge on any atom is 0.0431 e. The van der Waals surface area contributed by atoms with Crippen molar-refractivity contribution in [3.05, 3.63) is 0 Å². The first-order valence-electron chi connectivity index (χ1n) is 9.81. The predicted octanol–water partition coefficient (Wildman–Crippen LogP) is 6.73. The molecule has 1 nitrogen and oxygen atoms in total. The molecule has 0 fully saturated rings. The molecule has 0 heterocycles. The molecule has 0 aromatic rings. The Morgan fingerprint density at radius 2 is 1.00 bits per heavy atom. The molecule has 0 aliphatic carbocycles. The quantitative estimate of drug-likeness (QED) is 0.313. The fourth-order valence-electron chi connectivity index (χ4n) is 3.09. The molecule has 2 atom stereocenters. The molecule has 0 aromatic heterocycles. The normalized spacial score (nSPS) is 14.3. The lowest BCUT2D eigenvalue weighted by atomic mass is 9.91. The van der Waals surface area contributed by atoms with Crippen LogP contribution in [0.3, 0.4) is 0 Å². The number of rotatable bonds is 16. The molecule has 21 heavy (non-hydrogen) atoms. The second-order valence-electron chi connectivity index (χ2n) is 7.27. The fraction of sp³-hybridized carbons (Fsp3) is 1.00. The van der Waals surface area contributed by atoms with Crippen molar-refractivity contribution >= 4 is 0 Å². The van der Waals surface area contributed by atoms with Gasteiger partial charge in [0.1, 0.15) is 0 Å². The maximum absolute atomic E-state index is 8.74. The number of hydrogen-bond donors (Lipinski definition) is 1. The molecular weight excluding hydrogens is 256 g/mol. The Bertz CT molecular complexity index is 190. The zero-order valence-corrected chi connectivity index (χ0v) is 15.2. The topological polar surface area (TPSA) is 20.2 Å². The van der Waals surface area contributed by atoms with Crippen LogP contribution in [0.5, 0.6) is 0 Å². The highest BCUT2D eigenvalue weighted by Crippen LogP contribution is 2.22. The predicted molar refractivity (Wildman–Crippen MR) is 95.7 cm³/mol. The Hall–Kier alpha value is -0.0400. The molecule has 0 aliphatic rings. The third kappa shape index (κ3) is 16.2. The van der Waals surface area contributed by atoms with Gasteiger partial charge < -0.3 is 5.11 Å². The third-order valence-corrected chi connectivity index (χ3v) is 4.81. The average molecular weight is 299 g/mol. The van der Waals surface area contributed by atoms with Crippen LogP contribution in [-0.2, 0) is 0 Å². The monoisotopic (exact) mass is 298 g/mol. The van der Waals surface area contributed by atoms with E-state index in [0.29, 0.717) is 6.61 Å². The van der Waals surface area contributed by atoms with Gasteiger partial charge in [-0.2, -0.15) is 0 Å². The Morgan fingerprint density at radius 1 is 0.571 bits per heavy atom. The molecule has 0 aliphatic heterocycles. The van der Waals surface area contributed by atoms with Crippen LogP contribution in [0.1, 0.15) is 111 Å². The smallest absolute Gasteiger partial charge is 0.0431 e. The van der Waals surface area contributed by atoms with Gasteiger partial charge in [-0.25, -0.2) is 0 Å². The Labute approximate surface area is 134 Å². The van der Waals surface area contributed by atoms with Crippen LogP contribution in [0.25, 0.3) is 0 Å². The van der Waals surface area contributed by atoms with E-state index in [1.54, 1.807) is 0 Å². The molecule has 0 aromatic carbocycles. The van der Waals surface area contributed by atoms with Crippen LogP contribution in [-0.4, -0.2) is 11.7 Å².